The fraction of sp³-hybridized carbons (Fsp3) is 0.500. The average molecular weight is 270 g/mol. The van der Waals surface area contributed by atoms with E-state index in [0.29, 0.717) is 13.1 Å². The van der Waals surface area contributed by atoms with Gasteiger partial charge in [0.05, 0.1) is 0 Å². The van der Waals surface area contributed by atoms with Gasteiger partial charge in [0.25, 0.3) is 0 Å². The Kier molecular flexibility index (Phi) is 7.03. The predicted molar refractivity (Wildman–Crippen MR) is 70.8 cm³/mol. The van der Waals surface area contributed by atoms with E-state index in [9.17, 15) is 13.6 Å². The van der Waals surface area contributed by atoms with Crippen LogP contribution in [0.5, 0.6) is 0 Å². The first-order chi connectivity index (χ1) is 9.13. The van der Waals surface area contributed by atoms with Crippen LogP contribution in [-0.4, -0.2) is 25.5 Å². The van der Waals surface area contributed by atoms with Gasteiger partial charge >= 0.3 is 0 Å². The molecule has 0 atom stereocenters. The monoisotopic (exact) mass is 270 g/mol. The Hall–Kier alpha value is -1.49. The highest BCUT2D eigenvalue weighted by atomic mass is 19.1. The van der Waals surface area contributed by atoms with Crippen molar-refractivity contribution in [2.45, 2.75) is 26.2 Å². The van der Waals surface area contributed by atoms with Gasteiger partial charge in [-0.05, 0) is 43.1 Å². The molecule has 1 amide bonds. The molecular formula is C14H20F2N2O. The van der Waals surface area contributed by atoms with Crippen molar-refractivity contribution in [1.82, 2.24) is 10.6 Å². The Labute approximate surface area is 112 Å². The third-order valence-electron chi connectivity index (χ3n) is 2.68. The molecule has 1 aromatic rings. The lowest BCUT2D eigenvalue weighted by Crippen LogP contribution is -2.32. The molecule has 0 bridgehead atoms. The second kappa shape index (κ2) is 8.58. The van der Waals surface area contributed by atoms with Crippen molar-refractivity contribution in [3.63, 3.8) is 0 Å². The summed E-state index contributed by atoms with van der Waals surface area (Å²) in [6.07, 6.45) is 1.42. The highest BCUT2D eigenvalue weighted by Gasteiger charge is 2.07. The number of benzene rings is 1. The number of aryl methyl sites for hydroxylation is 1. The maximum absolute atomic E-state index is 13.3. The van der Waals surface area contributed by atoms with Crippen molar-refractivity contribution in [3.8, 4) is 0 Å². The summed E-state index contributed by atoms with van der Waals surface area (Å²) in [5.41, 5.74) is 0.235. The van der Waals surface area contributed by atoms with E-state index in [1.807, 2.05) is 0 Å². The van der Waals surface area contributed by atoms with Crippen LogP contribution in [0.3, 0.4) is 0 Å². The Bertz CT molecular complexity index is 410. The molecular weight excluding hydrogens is 250 g/mol. The van der Waals surface area contributed by atoms with Gasteiger partial charge in [0.2, 0.25) is 5.91 Å². The minimum atomic E-state index is -0.486. The topological polar surface area (TPSA) is 41.1 Å². The second-order valence-electron chi connectivity index (χ2n) is 4.34. The zero-order valence-electron chi connectivity index (χ0n) is 11.1. The molecule has 3 nitrogen and oxygen atoms in total. The summed E-state index contributed by atoms with van der Waals surface area (Å²) < 4.78 is 26.2. The highest BCUT2D eigenvalue weighted by molar-refractivity contribution is 5.76. The molecule has 5 heteroatoms. The van der Waals surface area contributed by atoms with E-state index < -0.39 is 11.6 Å². The normalized spacial score (nSPS) is 10.5. The molecule has 0 aliphatic heterocycles. The second-order valence-corrected chi connectivity index (χ2v) is 4.34. The summed E-state index contributed by atoms with van der Waals surface area (Å²) in [7, 11) is 0. The van der Waals surface area contributed by atoms with Crippen LogP contribution in [0.4, 0.5) is 8.78 Å². The lowest BCUT2D eigenvalue weighted by atomic mass is 10.1. The third-order valence-corrected chi connectivity index (χ3v) is 2.68. The lowest BCUT2D eigenvalue weighted by molar-refractivity contribution is -0.121. The van der Waals surface area contributed by atoms with Gasteiger partial charge in [0.15, 0.2) is 0 Å². The molecule has 1 aromatic carbocycles. The van der Waals surface area contributed by atoms with Crippen molar-refractivity contribution < 1.29 is 13.6 Å². The Morgan fingerprint density at radius 3 is 2.74 bits per heavy atom. The van der Waals surface area contributed by atoms with Crippen LogP contribution >= 0.6 is 0 Å². The molecule has 0 unspecified atom stereocenters. The van der Waals surface area contributed by atoms with Crippen molar-refractivity contribution in [1.29, 1.82) is 0 Å². The maximum Gasteiger partial charge on any atom is 0.220 e. The third kappa shape index (κ3) is 6.29. The van der Waals surface area contributed by atoms with Gasteiger partial charge in [0.1, 0.15) is 11.6 Å². The minimum Gasteiger partial charge on any atom is -0.355 e. The first-order valence-electron chi connectivity index (χ1n) is 6.54. The van der Waals surface area contributed by atoms with Crippen LogP contribution in [0.15, 0.2) is 18.2 Å². The van der Waals surface area contributed by atoms with Crippen LogP contribution in [0.2, 0.25) is 0 Å². The standard InChI is InChI=1S/C14H20F2N2O/c1-2-7-17-8-9-18-14(19)6-3-11-10-12(15)4-5-13(11)16/h4-5,10,17H,2-3,6-9H2,1H3,(H,18,19). The minimum absolute atomic E-state index is 0.151. The first kappa shape index (κ1) is 15.6. The molecule has 0 saturated heterocycles. The number of rotatable bonds is 8. The van der Waals surface area contributed by atoms with Gasteiger partial charge in [0, 0.05) is 19.5 Å². The van der Waals surface area contributed by atoms with Crippen LogP contribution < -0.4 is 10.6 Å². The van der Waals surface area contributed by atoms with E-state index in [0.717, 1.165) is 31.2 Å². The highest BCUT2D eigenvalue weighted by Crippen LogP contribution is 2.11. The van der Waals surface area contributed by atoms with E-state index >= 15 is 0 Å². The van der Waals surface area contributed by atoms with Crippen LogP contribution in [0.25, 0.3) is 0 Å². The Morgan fingerprint density at radius 1 is 1.21 bits per heavy atom. The van der Waals surface area contributed by atoms with E-state index in [4.69, 9.17) is 0 Å². The Morgan fingerprint density at radius 2 is 2.00 bits per heavy atom. The average Bonchev–Trinajstić information content (AvgIpc) is 2.39. The smallest absolute Gasteiger partial charge is 0.220 e. The van der Waals surface area contributed by atoms with Crippen molar-refractivity contribution >= 4 is 5.91 Å². The molecule has 0 heterocycles. The van der Waals surface area contributed by atoms with Crippen LogP contribution in [0, 0.1) is 11.6 Å². The zero-order chi connectivity index (χ0) is 14.1. The number of halogens is 2. The largest absolute Gasteiger partial charge is 0.355 e. The van der Waals surface area contributed by atoms with Crippen molar-refractivity contribution in [2.24, 2.45) is 0 Å². The van der Waals surface area contributed by atoms with Crippen molar-refractivity contribution in [2.75, 3.05) is 19.6 Å². The van der Waals surface area contributed by atoms with E-state index in [-0.39, 0.29) is 24.3 Å². The predicted octanol–water partition coefficient (Wildman–Crippen LogP) is 2.01. The van der Waals surface area contributed by atoms with Crippen LogP contribution in [0.1, 0.15) is 25.3 Å². The molecule has 0 saturated carbocycles. The molecule has 0 aliphatic carbocycles. The van der Waals surface area contributed by atoms with Crippen molar-refractivity contribution in [3.05, 3.63) is 35.4 Å². The molecule has 1 rings (SSSR count). The summed E-state index contributed by atoms with van der Waals surface area (Å²) in [6, 6.07) is 3.28. The van der Waals surface area contributed by atoms with Gasteiger partial charge in [-0.3, -0.25) is 4.79 Å². The number of amides is 1. The summed E-state index contributed by atoms with van der Waals surface area (Å²) >= 11 is 0. The number of carbonyl (C=O) groups excluding carboxylic acids is 1. The number of nitrogens with one attached hydrogen (secondary N) is 2. The molecule has 2 N–H and O–H groups in total. The molecule has 0 spiro atoms. The number of hydrogen-bond acceptors (Lipinski definition) is 2. The van der Waals surface area contributed by atoms with Gasteiger partial charge in [-0.1, -0.05) is 6.92 Å². The summed E-state index contributed by atoms with van der Waals surface area (Å²) in [6.45, 7) is 4.25. The fourth-order valence-corrected chi connectivity index (χ4v) is 1.66. The molecule has 0 aromatic heterocycles. The van der Waals surface area contributed by atoms with Gasteiger partial charge < -0.3 is 10.6 Å². The fourth-order valence-electron chi connectivity index (χ4n) is 1.66. The first-order valence-corrected chi connectivity index (χ1v) is 6.54. The summed E-state index contributed by atoms with van der Waals surface area (Å²) in [5.74, 6) is -1.11. The maximum atomic E-state index is 13.3. The van der Waals surface area contributed by atoms with E-state index in [2.05, 4.69) is 17.6 Å². The molecule has 106 valence electrons. The van der Waals surface area contributed by atoms with E-state index in [1.165, 1.54) is 0 Å². The quantitative estimate of drug-likeness (QED) is 0.710. The lowest BCUT2D eigenvalue weighted by Gasteiger charge is -2.07. The number of carbonyl (C=O) groups is 1. The summed E-state index contributed by atoms with van der Waals surface area (Å²) in [5, 5.41) is 5.88. The molecule has 0 radical (unpaired) electrons. The zero-order valence-corrected chi connectivity index (χ0v) is 11.1. The number of hydrogen-bond donors (Lipinski definition) is 2. The molecule has 19 heavy (non-hydrogen) atoms. The van der Waals surface area contributed by atoms with E-state index in [1.54, 1.807) is 0 Å². The van der Waals surface area contributed by atoms with Crippen LogP contribution in [-0.2, 0) is 11.2 Å². The molecule has 0 fully saturated rings. The van der Waals surface area contributed by atoms with Gasteiger partial charge in [-0.15, -0.1) is 0 Å². The molecule has 0 aliphatic rings. The van der Waals surface area contributed by atoms with Gasteiger partial charge in [-0.2, -0.15) is 0 Å². The Balaban J connectivity index is 2.24. The SMILES string of the molecule is CCCNCCNC(=O)CCc1cc(F)ccc1F. The van der Waals surface area contributed by atoms with Gasteiger partial charge in [-0.25, -0.2) is 8.78 Å². The summed E-state index contributed by atoms with van der Waals surface area (Å²) in [4.78, 5) is 11.5.